The largest absolute Gasteiger partial charge is 0.386 e. The number of benzene rings is 1. The van der Waals surface area contributed by atoms with Gasteiger partial charge >= 0.3 is 0 Å². The first kappa shape index (κ1) is 10.8. The van der Waals surface area contributed by atoms with Gasteiger partial charge in [-0.05, 0) is 34.1 Å². The SMILES string of the molecule is NC(CCl)=Nc1ccc(Cl)c(Br)c1. The van der Waals surface area contributed by atoms with E-state index in [9.17, 15) is 0 Å². The highest BCUT2D eigenvalue weighted by Crippen LogP contribution is 2.26. The van der Waals surface area contributed by atoms with Gasteiger partial charge < -0.3 is 5.73 Å². The second-order valence-electron chi connectivity index (χ2n) is 2.34. The van der Waals surface area contributed by atoms with Gasteiger partial charge in [-0.2, -0.15) is 0 Å². The van der Waals surface area contributed by atoms with E-state index in [0.717, 1.165) is 10.2 Å². The van der Waals surface area contributed by atoms with Gasteiger partial charge in [-0.15, -0.1) is 11.6 Å². The molecule has 0 amide bonds. The van der Waals surface area contributed by atoms with Crippen molar-refractivity contribution in [2.45, 2.75) is 0 Å². The minimum Gasteiger partial charge on any atom is -0.386 e. The van der Waals surface area contributed by atoms with Gasteiger partial charge in [0.25, 0.3) is 0 Å². The van der Waals surface area contributed by atoms with Gasteiger partial charge in [-0.3, -0.25) is 0 Å². The van der Waals surface area contributed by atoms with Crippen molar-refractivity contribution >= 4 is 50.7 Å². The second-order valence-corrected chi connectivity index (χ2v) is 3.86. The van der Waals surface area contributed by atoms with Crippen molar-refractivity contribution in [1.82, 2.24) is 0 Å². The molecular weight excluding hydrogens is 275 g/mol. The van der Waals surface area contributed by atoms with Crippen LogP contribution in [0.1, 0.15) is 0 Å². The summed E-state index contributed by atoms with van der Waals surface area (Å²) in [7, 11) is 0. The molecule has 1 rings (SSSR count). The lowest BCUT2D eigenvalue weighted by atomic mass is 10.3. The molecule has 0 unspecified atom stereocenters. The topological polar surface area (TPSA) is 38.4 Å². The van der Waals surface area contributed by atoms with E-state index in [2.05, 4.69) is 20.9 Å². The third kappa shape index (κ3) is 3.18. The number of amidine groups is 1. The Labute approximate surface area is 94.9 Å². The molecule has 0 spiro atoms. The van der Waals surface area contributed by atoms with Crippen LogP contribution in [0.2, 0.25) is 5.02 Å². The molecule has 0 bridgehead atoms. The Morgan fingerprint density at radius 1 is 1.54 bits per heavy atom. The summed E-state index contributed by atoms with van der Waals surface area (Å²) < 4.78 is 0.790. The molecular formula is C8H7BrCl2N2. The van der Waals surface area contributed by atoms with Crippen molar-refractivity contribution in [2.24, 2.45) is 10.7 Å². The van der Waals surface area contributed by atoms with Crippen LogP contribution in [0.15, 0.2) is 27.7 Å². The fourth-order valence-electron chi connectivity index (χ4n) is 0.750. The average molecular weight is 282 g/mol. The molecule has 0 radical (unpaired) electrons. The van der Waals surface area contributed by atoms with Crippen LogP contribution < -0.4 is 5.73 Å². The van der Waals surface area contributed by atoms with Gasteiger partial charge in [0, 0.05) is 4.47 Å². The highest BCUT2D eigenvalue weighted by Gasteiger charge is 1.98. The number of hydrogen-bond donors (Lipinski definition) is 1. The van der Waals surface area contributed by atoms with Crippen molar-refractivity contribution in [2.75, 3.05) is 5.88 Å². The molecule has 1 aromatic carbocycles. The smallest absolute Gasteiger partial charge is 0.115 e. The quantitative estimate of drug-likeness (QED) is 0.504. The minimum absolute atomic E-state index is 0.222. The van der Waals surface area contributed by atoms with E-state index in [1.807, 2.05) is 0 Å². The fourth-order valence-corrected chi connectivity index (χ4v) is 1.29. The predicted octanol–water partition coefficient (Wildman–Crippen LogP) is 3.33. The molecule has 0 saturated carbocycles. The standard InChI is InChI=1S/C8H7BrCl2N2/c9-6-3-5(1-2-7(6)11)13-8(12)4-10/h1-3H,4H2,(H2,12,13). The van der Waals surface area contributed by atoms with Crippen LogP contribution in [0.4, 0.5) is 5.69 Å². The number of hydrogen-bond acceptors (Lipinski definition) is 1. The lowest BCUT2D eigenvalue weighted by Crippen LogP contribution is -2.12. The zero-order valence-corrected chi connectivity index (χ0v) is 9.70. The maximum Gasteiger partial charge on any atom is 0.115 e. The molecule has 2 N–H and O–H groups in total. The van der Waals surface area contributed by atoms with Crippen molar-refractivity contribution in [1.29, 1.82) is 0 Å². The molecule has 0 aliphatic carbocycles. The molecule has 0 fully saturated rings. The first-order valence-electron chi connectivity index (χ1n) is 3.47. The minimum atomic E-state index is 0.222. The molecule has 0 atom stereocenters. The normalized spacial score (nSPS) is 11.8. The monoisotopic (exact) mass is 280 g/mol. The molecule has 13 heavy (non-hydrogen) atoms. The summed E-state index contributed by atoms with van der Waals surface area (Å²) in [5, 5.41) is 0.642. The molecule has 70 valence electrons. The third-order valence-electron chi connectivity index (χ3n) is 1.31. The first-order valence-corrected chi connectivity index (χ1v) is 5.18. The van der Waals surface area contributed by atoms with E-state index in [0.29, 0.717) is 10.9 Å². The Morgan fingerprint density at radius 2 is 2.23 bits per heavy atom. The van der Waals surface area contributed by atoms with Crippen LogP contribution in [0.5, 0.6) is 0 Å². The van der Waals surface area contributed by atoms with Crippen molar-refractivity contribution in [3.63, 3.8) is 0 Å². The molecule has 0 aliphatic heterocycles. The van der Waals surface area contributed by atoms with Crippen LogP contribution in [0.3, 0.4) is 0 Å². The van der Waals surface area contributed by atoms with Gasteiger partial charge in [0.1, 0.15) is 5.84 Å². The molecule has 0 saturated heterocycles. The van der Waals surface area contributed by atoms with Crippen LogP contribution >= 0.6 is 39.1 Å². The molecule has 1 aromatic rings. The lowest BCUT2D eigenvalue weighted by molar-refractivity contribution is 1.44. The van der Waals surface area contributed by atoms with E-state index in [1.165, 1.54) is 0 Å². The van der Waals surface area contributed by atoms with Gasteiger partial charge in [0.05, 0.1) is 16.6 Å². The Kier molecular flexibility index (Phi) is 4.03. The Morgan fingerprint density at radius 3 is 2.77 bits per heavy atom. The summed E-state index contributed by atoms with van der Waals surface area (Å²) in [6.45, 7) is 0. The van der Waals surface area contributed by atoms with Gasteiger partial charge in [0.15, 0.2) is 0 Å². The summed E-state index contributed by atoms with van der Waals surface area (Å²) in [5.41, 5.74) is 6.19. The van der Waals surface area contributed by atoms with Crippen LogP contribution in [-0.2, 0) is 0 Å². The molecule has 5 heteroatoms. The number of alkyl halides is 1. The first-order chi connectivity index (χ1) is 6.13. The number of nitrogens with zero attached hydrogens (tertiary/aromatic N) is 1. The molecule has 0 aromatic heterocycles. The van der Waals surface area contributed by atoms with Crippen molar-refractivity contribution in [3.8, 4) is 0 Å². The summed E-state index contributed by atoms with van der Waals surface area (Å²) in [6.07, 6.45) is 0. The van der Waals surface area contributed by atoms with E-state index in [1.54, 1.807) is 18.2 Å². The summed E-state index contributed by atoms with van der Waals surface area (Å²) in [5.74, 6) is 0.608. The van der Waals surface area contributed by atoms with E-state index in [4.69, 9.17) is 28.9 Å². The number of aliphatic imine (C=N–C) groups is 1. The van der Waals surface area contributed by atoms with Crippen LogP contribution in [0.25, 0.3) is 0 Å². The van der Waals surface area contributed by atoms with E-state index >= 15 is 0 Å². The molecule has 2 nitrogen and oxygen atoms in total. The van der Waals surface area contributed by atoms with Gasteiger partial charge in [-0.25, -0.2) is 4.99 Å². The predicted molar refractivity (Wildman–Crippen MR) is 61.2 cm³/mol. The van der Waals surface area contributed by atoms with Crippen molar-refractivity contribution < 1.29 is 0 Å². The molecule has 0 heterocycles. The van der Waals surface area contributed by atoms with E-state index < -0.39 is 0 Å². The zero-order chi connectivity index (χ0) is 9.84. The highest BCUT2D eigenvalue weighted by molar-refractivity contribution is 9.10. The zero-order valence-electron chi connectivity index (χ0n) is 6.60. The molecule has 0 aliphatic rings. The van der Waals surface area contributed by atoms with Crippen LogP contribution in [-0.4, -0.2) is 11.7 Å². The van der Waals surface area contributed by atoms with Crippen LogP contribution in [0, 0.1) is 0 Å². The highest BCUT2D eigenvalue weighted by atomic mass is 79.9. The van der Waals surface area contributed by atoms with Gasteiger partial charge in [-0.1, -0.05) is 11.6 Å². The number of rotatable bonds is 2. The summed E-state index contributed by atoms with van der Waals surface area (Å²) in [6, 6.07) is 5.29. The summed E-state index contributed by atoms with van der Waals surface area (Å²) in [4.78, 5) is 4.05. The maximum atomic E-state index is 5.80. The van der Waals surface area contributed by atoms with E-state index in [-0.39, 0.29) is 5.88 Å². The fraction of sp³-hybridized carbons (Fsp3) is 0.125. The summed E-state index contributed by atoms with van der Waals surface area (Å²) >= 11 is 14.6. The second kappa shape index (κ2) is 4.84. The number of halogens is 3. The Hall–Kier alpha value is -0.250. The number of nitrogens with two attached hydrogens (primary N) is 1. The van der Waals surface area contributed by atoms with Gasteiger partial charge in [0.2, 0.25) is 0 Å². The average Bonchev–Trinajstić information content (AvgIpc) is 2.11. The third-order valence-corrected chi connectivity index (χ3v) is 2.80. The lowest BCUT2D eigenvalue weighted by Gasteiger charge is -1.98. The van der Waals surface area contributed by atoms with Crippen molar-refractivity contribution in [3.05, 3.63) is 27.7 Å². The Bertz CT molecular complexity index is 339. The maximum absolute atomic E-state index is 5.80. The Balaban J connectivity index is 2.98.